The van der Waals surface area contributed by atoms with E-state index in [9.17, 15) is 4.79 Å². The second-order valence-electron chi connectivity index (χ2n) is 6.63. The Morgan fingerprint density at radius 1 is 1.21 bits per heavy atom. The van der Waals surface area contributed by atoms with Gasteiger partial charge in [-0.05, 0) is 30.2 Å². The number of ether oxygens (including phenoxy) is 2. The number of para-hydroxylation sites is 1. The van der Waals surface area contributed by atoms with Crippen LogP contribution in [0.1, 0.15) is 16.1 Å². The summed E-state index contributed by atoms with van der Waals surface area (Å²) in [5.41, 5.74) is 2.44. The molecule has 2 aromatic rings. The number of rotatable bonds is 9. The molecule has 150 valence electrons. The molecule has 0 saturated carbocycles. The molecule has 1 aromatic heterocycles. The van der Waals surface area contributed by atoms with Gasteiger partial charge in [0.25, 0.3) is 5.91 Å². The first-order valence-electron chi connectivity index (χ1n) is 9.66. The van der Waals surface area contributed by atoms with Gasteiger partial charge in [-0.2, -0.15) is 0 Å². The van der Waals surface area contributed by atoms with Crippen molar-refractivity contribution in [2.45, 2.75) is 6.42 Å². The van der Waals surface area contributed by atoms with E-state index in [1.54, 1.807) is 19.4 Å². The minimum Gasteiger partial charge on any atom is -0.496 e. The molecule has 1 fully saturated rings. The summed E-state index contributed by atoms with van der Waals surface area (Å²) in [6, 6.07) is 11.6. The Labute approximate surface area is 166 Å². The van der Waals surface area contributed by atoms with Gasteiger partial charge in [-0.1, -0.05) is 18.2 Å². The van der Waals surface area contributed by atoms with Crippen LogP contribution in [0.4, 0.5) is 5.69 Å². The van der Waals surface area contributed by atoms with E-state index < -0.39 is 0 Å². The summed E-state index contributed by atoms with van der Waals surface area (Å²) in [5, 5.41) is 6.29. The summed E-state index contributed by atoms with van der Waals surface area (Å²) in [4.78, 5) is 18.8. The SMILES string of the molecule is COc1ccccc1CCNc1ccnc(C(=O)NCCN2CCOCC2)c1. The van der Waals surface area contributed by atoms with Crippen molar-refractivity contribution in [2.75, 3.05) is 58.4 Å². The Bertz CT molecular complexity index is 763. The number of aromatic nitrogens is 1. The maximum absolute atomic E-state index is 12.4. The van der Waals surface area contributed by atoms with Crippen LogP contribution >= 0.6 is 0 Å². The van der Waals surface area contributed by atoms with Crippen molar-refractivity contribution in [3.63, 3.8) is 0 Å². The third-order valence-electron chi connectivity index (χ3n) is 4.73. The normalized spacial score (nSPS) is 14.5. The Hall–Kier alpha value is -2.64. The number of nitrogens with zero attached hydrogens (tertiary/aromatic N) is 2. The number of benzene rings is 1. The molecule has 7 nitrogen and oxygen atoms in total. The highest BCUT2D eigenvalue weighted by molar-refractivity contribution is 5.93. The first-order valence-corrected chi connectivity index (χ1v) is 9.66. The van der Waals surface area contributed by atoms with Crippen molar-refractivity contribution in [2.24, 2.45) is 0 Å². The zero-order valence-corrected chi connectivity index (χ0v) is 16.3. The third kappa shape index (κ3) is 5.94. The molecule has 0 atom stereocenters. The van der Waals surface area contributed by atoms with Crippen molar-refractivity contribution in [3.05, 3.63) is 53.9 Å². The lowest BCUT2D eigenvalue weighted by Crippen LogP contribution is -2.41. The van der Waals surface area contributed by atoms with Crippen LogP contribution in [0.2, 0.25) is 0 Å². The summed E-state index contributed by atoms with van der Waals surface area (Å²) in [6.45, 7) is 5.52. The lowest BCUT2D eigenvalue weighted by atomic mass is 10.1. The van der Waals surface area contributed by atoms with Crippen LogP contribution < -0.4 is 15.4 Å². The number of hydrogen-bond acceptors (Lipinski definition) is 6. The molecule has 1 amide bonds. The molecule has 2 heterocycles. The average Bonchev–Trinajstić information content (AvgIpc) is 2.75. The summed E-state index contributed by atoms with van der Waals surface area (Å²) in [7, 11) is 1.68. The molecular weight excluding hydrogens is 356 g/mol. The third-order valence-corrected chi connectivity index (χ3v) is 4.73. The fraction of sp³-hybridized carbons (Fsp3) is 0.429. The Morgan fingerprint density at radius 3 is 2.86 bits per heavy atom. The first-order chi connectivity index (χ1) is 13.8. The van der Waals surface area contributed by atoms with Gasteiger partial charge in [0.15, 0.2) is 0 Å². The molecule has 0 unspecified atom stereocenters. The summed E-state index contributed by atoms with van der Waals surface area (Å²) in [6.07, 6.45) is 2.48. The number of morpholine rings is 1. The average molecular weight is 384 g/mol. The van der Waals surface area contributed by atoms with E-state index in [4.69, 9.17) is 9.47 Å². The van der Waals surface area contributed by atoms with Gasteiger partial charge in [-0.3, -0.25) is 14.7 Å². The van der Waals surface area contributed by atoms with Crippen molar-refractivity contribution in [3.8, 4) is 5.75 Å². The molecule has 28 heavy (non-hydrogen) atoms. The number of carbonyl (C=O) groups is 1. The predicted molar refractivity (Wildman–Crippen MR) is 109 cm³/mol. The zero-order valence-electron chi connectivity index (χ0n) is 16.3. The molecule has 1 saturated heterocycles. The predicted octanol–water partition coefficient (Wildman–Crippen LogP) is 1.81. The maximum Gasteiger partial charge on any atom is 0.269 e. The van der Waals surface area contributed by atoms with Gasteiger partial charge >= 0.3 is 0 Å². The fourth-order valence-electron chi connectivity index (χ4n) is 3.16. The Morgan fingerprint density at radius 2 is 2.04 bits per heavy atom. The molecule has 1 aromatic carbocycles. The fourth-order valence-corrected chi connectivity index (χ4v) is 3.16. The van der Waals surface area contributed by atoms with Crippen LogP contribution in [-0.2, 0) is 11.2 Å². The minimum atomic E-state index is -0.151. The van der Waals surface area contributed by atoms with Crippen molar-refractivity contribution >= 4 is 11.6 Å². The maximum atomic E-state index is 12.4. The first kappa shape index (κ1) is 20.1. The van der Waals surface area contributed by atoms with Crippen LogP contribution in [0.5, 0.6) is 5.75 Å². The number of methoxy groups -OCH3 is 1. The summed E-state index contributed by atoms with van der Waals surface area (Å²) >= 11 is 0. The van der Waals surface area contributed by atoms with Crippen molar-refractivity contribution < 1.29 is 14.3 Å². The number of nitrogens with one attached hydrogen (secondary N) is 2. The molecule has 1 aliphatic rings. The van der Waals surface area contributed by atoms with Crippen LogP contribution in [0.3, 0.4) is 0 Å². The Balaban J connectivity index is 1.45. The van der Waals surface area contributed by atoms with Crippen LogP contribution in [-0.4, -0.2) is 68.8 Å². The number of anilines is 1. The molecule has 0 spiro atoms. The zero-order chi connectivity index (χ0) is 19.6. The highest BCUT2D eigenvalue weighted by Crippen LogP contribution is 2.18. The summed E-state index contributed by atoms with van der Waals surface area (Å²) < 4.78 is 10.7. The molecule has 0 aliphatic carbocycles. The number of amides is 1. The highest BCUT2D eigenvalue weighted by Gasteiger charge is 2.12. The molecule has 7 heteroatoms. The van der Waals surface area contributed by atoms with Gasteiger partial charge < -0.3 is 20.1 Å². The monoisotopic (exact) mass is 384 g/mol. The standard InChI is InChI=1S/C21H28N4O3/c1-27-20-5-3-2-4-17(20)6-8-22-18-7-9-23-19(16-18)21(26)24-10-11-25-12-14-28-15-13-25/h2-5,7,9,16H,6,8,10-15H2,1H3,(H,22,23)(H,24,26). The molecule has 0 bridgehead atoms. The van der Waals surface area contributed by atoms with E-state index >= 15 is 0 Å². The van der Waals surface area contributed by atoms with Crippen LogP contribution in [0.25, 0.3) is 0 Å². The smallest absolute Gasteiger partial charge is 0.269 e. The van der Waals surface area contributed by atoms with E-state index in [1.165, 1.54) is 0 Å². The summed E-state index contributed by atoms with van der Waals surface area (Å²) in [5.74, 6) is 0.737. The topological polar surface area (TPSA) is 75.7 Å². The van der Waals surface area contributed by atoms with E-state index in [-0.39, 0.29) is 5.91 Å². The molecule has 1 aliphatic heterocycles. The van der Waals surface area contributed by atoms with Crippen LogP contribution in [0, 0.1) is 0 Å². The Kier molecular flexibility index (Phi) is 7.63. The number of carbonyl (C=O) groups excluding carboxylic acids is 1. The molecule has 0 radical (unpaired) electrons. The van der Waals surface area contributed by atoms with Gasteiger partial charge in [0.05, 0.1) is 20.3 Å². The van der Waals surface area contributed by atoms with E-state index in [0.717, 1.165) is 62.8 Å². The molecule has 3 rings (SSSR count). The van der Waals surface area contributed by atoms with Gasteiger partial charge in [-0.15, -0.1) is 0 Å². The van der Waals surface area contributed by atoms with Gasteiger partial charge in [0, 0.05) is 44.6 Å². The lowest BCUT2D eigenvalue weighted by molar-refractivity contribution is 0.0383. The van der Waals surface area contributed by atoms with E-state index in [2.05, 4.69) is 26.6 Å². The van der Waals surface area contributed by atoms with Gasteiger partial charge in [0.2, 0.25) is 0 Å². The van der Waals surface area contributed by atoms with Crippen LogP contribution in [0.15, 0.2) is 42.6 Å². The lowest BCUT2D eigenvalue weighted by Gasteiger charge is -2.26. The van der Waals surface area contributed by atoms with E-state index in [1.807, 2.05) is 24.3 Å². The highest BCUT2D eigenvalue weighted by atomic mass is 16.5. The second-order valence-corrected chi connectivity index (χ2v) is 6.63. The second kappa shape index (κ2) is 10.6. The molecular formula is C21H28N4O3. The molecule has 2 N–H and O–H groups in total. The van der Waals surface area contributed by atoms with Gasteiger partial charge in [0.1, 0.15) is 11.4 Å². The van der Waals surface area contributed by atoms with Crippen molar-refractivity contribution in [1.82, 2.24) is 15.2 Å². The quantitative estimate of drug-likeness (QED) is 0.687. The largest absolute Gasteiger partial charge is 0.496 e. The van der Waals surface area contributed by atoms with E-state index in [0.29, 0.717) is 12.2 Å². The number of pyridine rings is 1. The minimum absolute atomic E-state index is 0.151. The number of hydrogen-bond donors (Lipinski definition) is 2. The van der Waals surface area contributed by atoms with Crippen molar-refractivity contribution in [1.29, 1.82) is 0 Å². The van der Waals surface area contributed by atoms with Gasteiger partial charge in [-0.25, -0.2) is 0 Å².